The van der Waals surface area contributed by atoms with Gasteiger partial charge < -0.3 is 25.1 Å². The predicted octanol–water partition coefficient (Wildman–Crippen LogP) is 6.33. The van der Waals surface area contributed by atoms with E-state index in [2.05, 4.69) is 98.5 Å². The van der Waals surface area contributed by atoms with E-state index in [1.807, 2.05) is 31.5 Å². The first kappa shape index (κ1) is 28.6. The molecule has 0 aliphatic carbocycles. The zero-order valence-electron chi connectivity index (χ0n) is 26.8. The van der Waals surface area contributed by atoms with Crippen LogP contribution in [-0.2, 0) is 38.9 Å². The molecule has 0 fully saturated rings. The van der Waals surface area contributed by atoms with Crippen LogP contribution in [0.3, 0.4) is 0 Å². The van der Waals surface area contributed by atoms with Gasteiger partial charge in [-0.3, -0.25) is 9.97 Å². The molecule has 0 amide bonds. The van der Waals surface area contributed by atoms with Crippen molar-refractivity contribution in [2.45, 2.75) is 45.8 Å². The topological polar surface area (TPSA) is 75.9 Å². The van der Waals surface area contributed by atoms with Crippen LogP contribution < -0.4 is 5.32 Å². The minimum absolute atomic E-state index is 0.732. The monoisotopic (exact) mass is 605 g/mol. The number of rotatable bonds is 5. The van der Waals surface area contributed by atoms with Crippen LogP contribution in [0.2, 0.25) is 0 Å². The third-order valence-corrected chi connectivity index (χ3v) is 9.54. The molecule has 0 saturated heterocycles. The fourth-order valence-electron chi connectivity index (χ4n) is 7.05. The zero-order valence-corrected chi connectivity index (χ0v) is 26.8. The number of aryl methyl sites for hydroxylation is 1. The highest BCUT2D eigenvalue weighted by molar-refractivity contribution is 5.94. The highest BCUT2D eigenvalue weighted by Crippen LogP contribution is 2.33. The fourth-order valence-corrected chi connectivity index (χ4v) is 7.05. The lowest BCUT2D eigenvalue weighted by Crippen LogP contribution is -2.26. The lowest BCUT2D eigenvalue weighted by molar-refractivity contribution is 0.313. The molecule has 7 nitrogen and oxygen atoms in total. The van der Waals surface area contributed by atoms with Crippen LogP contribution in [0.25, 0.3) is 21.8 Å². The highest BCUT2D eigenvalue weighted by Gasteiger charge is 2.21. The van der Waals surface area contributed by atoms with Crippen molar-refractivity contribution < 1.29 is 0 Å². The third-order valence-electron chi connectivity index (χ3n) is 9.54. The fraction of sp³-hybridized carbons (Fsp3) is 0.282. The van der Waals surface area contributed by atoms with Gasteiger partial charge in [-0.2, -0.15) is 0 Å². The van der Waals surface area contributed by atoms with Gasteiger partial charge in [0, 0.05) is 109 Å². The van der Waals surface area contributed by atoms with Gasteiger partial charge in [-0.1, -0.05) is 24.0 Å². The lowest BCUT2D eigenvalue weighted by atomic mass is 9.98. The summed E-state index contributed by atoms with van der Waals surface area (Å²) in [6, 6.07) is 19.6. The zero-order chi connectivity index (χ0) is 31.2. The van der Waals surface area contributed by atoms with E-state index in [1.165, 1.54) is 49.9 Å². The largest absolute Gasteiger partial charge is 0.379 e. The second-order valence-corrected chi connectivity index (χ2v) is 13.1. The summed E-state index contributed by atoms with van der Waals surface area (Å²) in [6.45, 7) is 6.83. The number of nitrogens with one attached hydrogen (secondary N) is 3. The molecule has 8 rings (SSSR count). The van der Waals surface area contributed by atoms with Gasteiger partial charge in [-0.15, -0.1) is 0 Å². The van der Waals surface area contributed by atoms with Crippen molar-refractivity contribution in [3.05, 3.63) is 123 Å². The van der Waals surface area contributed by atoms with Gasteiger partial charge in [0.1, 0.15) is 0 Å². The molecule has 6 heterocycles. The first-order valence-corrected chi connectivity index (χ1v) is 16.2. The van der Waals surface area contributed by atoms with Crippen LogP contribution in [0.4, 0.5) is 5.69 Å². The number of aromatic nitrogens is 4. The molecule has 0 radical (unpaired) electrons. The first-order chi connectivity index (χ1) is 22.5. The standard InChI is InChI=1S/C39H39N7/c1-25-7-8-26(21-41-25)9-10-29-17-28(20-32-34-24-46(3)16-13-36(34)43-38(29)32)19-30-18-27(11-14-40-30)22-42-37-6-4-5-31-33-23-45(2)15-12-35(33)44-39(31)37/h4-8,11,14,17-18,20-21,42-44H,12-13,15-16,19,22-24H2,1-3H3. The molecular formula is C39H39N7. The Morgan fingerprint density at radius 3 is 2.37 bits per heavy atom. The van der Waals surface area contributed by atoms with Crippen LogP contribution in [0.15, 0.2) is 67.0 Å². The summed E-state index contributed by atoms with van der Waals surface area (Å²) in [4.78, 5) is 21.5. The smallest absolute Gasteiger partial charge is 0.0695 e. The molecule has 0 saturated carbocycles. The maximum absolute atomic E-state index is 4.79. The van der Waals surface area contributed by atoms with Crippen LogP contribution in [0.1, 0.15) is 56.2 Å². The van der Waals surface area contributed by atoms with Crippen molar-refractivity contribution in [2.75, 3.05) is 32.5 Å². The maximum atomic E-state index is 4.79. The maximum Gasteiger partial charge on any atom is 0.0695 e. The number of fused-ring (bicyclic) bond motifs is 6. The number of para-hydroxylation sites is 1. The van der Waals surface area contributed by atoms with Gasteiger partial charge in [-0.25, -0.2) is 0 Å². The van der Waals surface area contributed by atoms with E-state index in [4.69, 9.17) is 4.98 Å². The van der Waals surface area contributed by atoms with Gasteiger partial charge in [0.15, 0.2) is 0 Å². The second-order valence-electron chi connectivity index (χ2n) is 13.1. The number of likely N-dealkylation sites (N-methyl/N-ethyl adjacent to an activating group) is 2. The Morgan fingerprint density at radius 1 is 0.804 bits per heavy atom. The second kappa shape index (κ2) is 11.8. The molecule has 4 aromatic heterocycles. The molecule has 7 heteroatoms. The van der Waals surface area contributed by atoms with E-state index in [0.717, 1.165) is 85.7 Å². The van der Waals surface area contributed by atoms with Crippen LogP contribution in [0.5, 0.6) is 0 Å². The van der Waals surface area contributed by atoms with E-state index in [0.29, 0.717) is 0 Å². The summed E-state index contributed by atoms with van der Waals surface area (Å²) >= 11 is 0. The first-order valence-electron chi connectivity index (χ1n) is 16.2. The molecule has 3 N–H and O–H groups in total. The van der Waals surface area contributed by atoms with Crippen molar-refractivity contribution in [2.24, 2.45) is 0 Å². The average Bonchev–Trinajstić information content (AvgIpc) is 3.62. The average molecular weight is 606 g/mol. The minimum Gasteiger partial charge on any atom is -0.379 e. The molecule has 2 aliphatic heterocycles. The number of hydrogen-bond donors (Lipinski definition) is 3. The normalized spacial score (nSPS) is 15.0. The quantitative estimate of drug-likeness (QED) is 0.201. The molecule has 0 unspecified atom stereocenters. The molecule has 46 heavy (non-hydrogen) atoms. The van der Waals surface area contributed by atoms with Crippen molar-refractivity contribution in [1.82, 2.24) is 29.7 Å². The van der Waals surface area contributed by atoms with Crippen molar-refractivity contribution in [3.63, 3.8) is 0 Å². The number of hydrogen-bond acceptors (Lipinski definition) is 5. The molecule has 0 bridgehead atoms. The summed E-state index contributed by atoms with van der Waals surface area (Å²) in [5.74, 6) is 6.84. The Kier molecular flexibility index (Phi) is 7.32. The number of benzene rings is 2. The number of nitrogens with zero attached hydrogens (tertiary/aromatic N) is 4. The summed E-state index contributed by atoms with van der Waals surface area (Å²) in [6.07, 6.45) is 6.62. The summed E-state index contributed by atoms with van der Waals surface area (Å²) in [5, 5.41) is 6.32. The van der Waals surface area contributed by atoms with Crippen LogP contribution >= 0.6 is 0 Å². The number of H-pyrrole nitrogens is 2. The Bertz CT molecular complexity index is 2140. The molecule has 2 aromatic carbocycles. The number of pyridine rings is 2. The SMILES string of the molecule is Cc1ccc(C#Cc2cc(Cc3cc(CNc4cccc5c6c([nH]c45)CCN(C)C6)ccn3)cc3c4c([nH]c23)CCN(C)C4)cn1. The van der Waals surface area contributed by atoms with Crippen LogP contribution in [0, 0.1) is 18.8 Å². The minimum atomic E-state index is 0.732. The summed E-state index contributed by atoms with van der Waals surface area (Å²) in [5.41, 5.74) is 15.5. The van der Waals surface area contributed by atoms with E-state index in [1.54, 1.807) is 0 Å². The van der Waals surface area contributed by atoms with Crippen molar-refractivity contribution in [3.8, 4) is 11.8 Å². The highest BCUT2D eigenvalue weighted by atomic mass is 15.1. The van der Waals surface area contributed by atoms with Gasteiger partial charge in [0.05, 0.1) is 16.7 Å². The molecule has 0 atom stereocenters. The molecule has 230 valence electrons. The third kappa shape index (κ3) is 5.55. The molecule has 6 aromatic rings. The van der Waals surface area contributed by atoms with Gasteiger partial charge in [0.25, 0.3) is 0 Å². The van der Waals surface area contributed by atoms with E-state index >= 15 is 0 Å². The van der Waals surface area contributed by atoms with Crippen molar-refractivity contribution in [1.29, 1.82) is 0 Å². The summed E-state index contributed by atoms with van der Waals surface area (Å²) in [7, 11) is 4.40. The molecule has 2 aliphatic rings. The summed E-state index contributed by atoms with van der Waals surface area (Å²) < 4.78 is 0. The lowest BCUT2D eigenvalue weighted by Gasteiger charge is -2.22. The van der Waals surface area contributed by atoms with Crippen molar-refractivity contribution >= 4 is 27.5 Å². The number of anilines is 1. The van der Waals surface area contributed by atoms with E-state index in [-0.39, 0.29) is 0 Å². The molecular weight excluding hydrogens is 566 g/mol. The van der Waals surface area contributed by atoms with Crippen LogP contribution in [-0.4, -0.2) is 56.9 Å². The number of aromatic amines is 2. The van der Waals surface area contributed by atoms with Gasteiger partial charge in [-0.05, 0) is 85.7 Å². The predicted molar refractivity (Wildman–Crippen MR) is 186 cm³/mol. The Hall–Kier alpha value is -4.90. The Labute approximate surface area is 270 Å². The Morgan fingerprint density at radius 2 is 1.59 bits per heavy atom. The molecule has 0 spiro atoms. The van der Waals surface area contributed by atoms with Gasteiger partial charge in [0.2, 0.25) is 0 Å². The van der Waals surface area contributed by atoms with E-state index in [9.17, 15) is 0 Å². The Balaban J connectivity index is 1.08. The van der Waals surface area contributed by atoms with E-state index < -0.39 is 0 Å². The van der Waals surface area contributed by atoms with Gasteiger partial charge >= 0.3 is 0 Å².